The fourth-order valence-electron chi connectivity index (χ4n) is 1.54. The van der Waals surface area contributed by atoms with Crippen molar-refractivity contribution < 1.29 is 9.13 Å². The molecule has 0 spiro atoms. The molecule has 2 heteroatoms. The Bertz CT molecular complexity index is 415. The quantitative estimate of drug-likeness (QED) is 0.674. The molecule has 0 radical (unpaired) electrons. The van der Waals surface area contributed by atoms with E-state index in [4.69, 9.17) is 4.74 Å². The number of hydrogen-bond acceptors (Lipinski definition) is 1. The van der Waals surface area contributed by atoms with Gasteiger partial charge in [0.2, 0.25) is 0 Å². The van der Waals surface area contributed by atoms with Gasteiger partial charge in [0, 0.05) is 11.5 Å². The summed E-state index contributed by atoms with van der Waals surface area (Å²) in [6.45, 7) is 3.85. The lowest BCUT2D eigenvalue weighted by atomic mass is 9.91. The Morgan fingerprint density at radius 3 is 2.40 bits per heavy atom. The molecule has 0 unspecified atom stereocenters. The molecule has 1 aromatic carbocycles. The predicted octanol–water partition coefficient (Wildman–Crippen LogP) is 3.89. The van der Waals surface area contributed by atoms with Crippen molar-refractivity contribution in [2.75, 3.05) is 0 Å². The van der Waals surface area contributed by atoms with Gasteiger partial charge in [-0.2, -0.15) is 4.39 Å². The number of rotatable bonds is 1. The molecule has 1 aliphatic heterocycles. The predicted molar refractivity (Wildman–Crippen MR) is 58.5 cm³/mol. The van der Waals surface area contributed by atoms with Gasteiger partial charge in [-0.05, 0) is 25.5 Å². The lowest BCUT2D eigenvalue weighted by Gasteiger charge is -2.15. The Morgan fingerprint density at radius 1 is 1.20 bits per heavy atom. The maximum absolute atomic E-state index is 13.0. The first-order valence-electron chi connectivity index (χ1n) is 4.91. The minimum Gasteiger partial charge on any atom is -0.435 e. The molecule has 1 aliphatic rings. The minimum absolute atomic E-state index is 0.361. The molecule has 78 valence electrons. The van der Waals surface area contributed by atoms with E-state index in [2.05, 4.69) is 0 Å². The molecule has 15 heavy (non-hydrogen) atoms. The summed E-state index contributed by atoms with van der Waals surface area (Å²) < 4.78 is 18.0. The summed E-state index contributed by atoms with van der Waals surface area (Å²) in [5.74, 6) is 0.645. The molecule has 0 saturated carbocycles. The summed E-state index contributed by atoms with van der Waals surface area (Å²) in [5.41, 5.74) is 0.656. The molecule has 0 bridgehead atoms. The van der Waals surface area contributed by atoms with E-state index >= 15 is 0 Å². The number of benzene rings is 1. The van der Waals surface area contributed by atoms with Crippen LogP contribution < -0.4 is 0 Å². The van der Waals surface area contributed by atoms with Crippen LogP contribution in [0.15, 0.2) is 48.2 Å². The molecule has 2 rings (SSSR count). The van der Waals surface area contributed by atoms with Crippen LogP contribution in [-0.4, -0.2) is 0 Å². The van der Waals surface area contributed by atoms with Crippen molar-refractivity contribution in [2.24, 2.45) is 5.41 Å². The lowest BCUT2D eigenvalue weighted by Crippen LogP contribution is -2.06. The third-order valence-electron chi connectivity index (χ3n) is 2.41. The number of halogens is 1. The smallest absolute Gasteiger partial charge is 0.274 e. The molecule has 0 saturated heterocycles. The van der Waals surface area contributed by atoms with E-state index in [0.717, 1.165) is 5.56 Å². The minimum atomic E-state index is -0.512. The summed E-state index contributed by atoms with van der Waals surface area (Å²) in [7, 11) is 0. The third kappa shape index (κ3) is 2.09. The molecule has 0 fully saturated rings. The molecular weight excluding hydrogens is 191 g/mol. The number of allylic oxidation sites excluding steroid dienone is 1. The molecule has 1 heterocycles. The molecule has 0 aliphatic carbocycles. The van der Waals surface area contributed by atoms with Gasteiger partial charge in [0.25, 0.3) is 6.01 Å². The highest BCUT2D eigenvalue weighted by Gasteiger charge is 2.31. The van der Waals surface area contributed by atoms with Crippen LogP contribution in [0.1, 0.15) is 19.4 Å². The van der Waals surface area contributed by atoms with Crippen molar-refractivity contribution in [3.05, 3.63) is 53.7 Å². The first-order valence-corrected chi connectivity index (χ1v) is 4.91. The van der Waals surface area contributed by atoms with Gasteiger partial charge < -0.3 is 4.74 Å². The molecule has 0 aromatic heterocycles. The van der Waals surface area contributed by atoms with E-state index in [0.29, 0.717) is 5.76 Å². The van der Waals surface area contributed by atoms with Crippen LogP contribution in [0.2, 0.25) is 0 Å². The monoisotopic (exact) mass is 204 g/mol. The molecule has 0 N–H and O–H groups in total. The summed E-state index contributed by atoms with van der Waals surface area (Å²) in [6, 6.07) is 9.24. The molecule has 0 atom stereocenters. The second-order valence-corrected chi connectivity index (χ2v) is 4.19. The third-order valence-corrected chi connectivity index (χ3v) is 2.41. The van der Waals surface area contributed by atoms with Gasteiger partial charge in [-0.25, -0.2) is 0 Å². The number of ether oxygens (including phenoxy) is 1. The summed E-state index contributed by atoms with van der Waals surface area (Å²) in [6.07, 6.45) is 3.35. The van der Waals surface area contributed by atoms with Crippen molar-refractivity contribution in [3.8, 4) is 0 Å². The SMILES string of the molecule is CC1(C)C=C(F)O/C1=C\c1ccccc1. The summed E-state index contributed by atoms with van der Waals surface area (Å²) in [4.78, 5) is 0. The van der Waals surface area contributed by atoms with Gasteiger partial charge in [-0.15, -0.1) is 0 Å². The van der Waals surface area contributed by atoms with Gasteiger partial charge >= 0.3 is 0 Å². The second-order valence-electron chi connectivity index (χ2n) is 4.19. The zero-order valence-electron chi connectivity index (χ0n) is 8.83. The Kier molecular flexibility index (Phi) is 2.35. The Morgan fingerprint density at radius 2 is 1.87 bits per heavy atom. The fourth-order valence-corrected chi connectivity index (χ4v) is 1.54. The Balaban J connectivity index is 2.31. The van der Waals surface area contributed by atoms with Crippen LogP contribution in [0.4, 0.5) is 4.39 Å². The highest BCUT2D eigenvalue weighted by Crippen LogP contribution is 2.39. The van der Waals surface area contributed by atoms with Crippen molar-refractivity contribution >= 4 is 6.08 Å². The van der Waals surface area contributed by atoms with Gasteiger partial charge in [0.1, 0.15) is 5.76 Å². The largest absolute Gasteiger partial charge is 0.435 e. The van der Waals surface area contributed by atoms with E-state index in [1.165, 1.54) is 6.08 Å². The van der Waals surface area contributed by atoms with E-state index < -0.39 is 6.01 Å². The molecular formula is C13H13FO. The van der Waals surface area contributed by atoms with Crippen molar-refractivity contribution in [3.63, 3.8) is 0 Å². The first kappa shape index (κ1) is 9.97. The zero-order valence-corrected chi connectivity index (χ0v) is 8.83. The highest BCUT2D eigenvalue weighted by molar-refractivity contribution is 5.54. The zero-order chi connectivity index (χ0) is 10.9. The van der Waals surface area contributed by atoms with E-state index in [-0.39, 0.29) is 5.41 Å². The Hall–Kier alpha value is -1.57. The van der Waals surface area contributed by atoms with Gasteiger partial charge in [-0.1, -0.05) is 30.3 Å². The fraction of sp³-hybridized carbons (Fsp3) is 0.231. The van der Waals surface area contributed by atoms with Crippen LogP contribution in [0, 0.1) is 5.41 Å². The average Bonchev–Trinajstić information content (AvgIpc) is 2.41. The molecule has 1 nitrogen and oxygen atoms in total. The maximum Gasteiger partial charge on any atom is 0.274 e. The summed E-state index contributed by atoms with van der Waals surface area (Å²) >= 11 is 0. The Labute approximate surface area is 88.9 Å². The van der Waals surface area contributed by atoms with Gasteiger partial charge in [-0.3, -0.25) is 0 Å². The normalized spacial score (nSPS) is 21.3. The van der Waals surface area contributed by atoms with Crippen LogP contribution in [0.25, 0.3) is 6.08 Å². The van der Waals surface area contributed by atoms with Crippen molar-refractivity contribution in [2.45, 2.75) is 13.8 Å². The van der Waals surface area contributed by atoms with Crippen LogP contribution >= 0.6 is 0 Å². The van der Waals surface area contributed by atoms with Crippen LogP contribution in [0.3, 0.4) is 0 Å². The van der Waals surface area contributed by atoms with Gasteiger partial charge in [0.15, 0.2) is 0 Å². The standard InChI is InChI=1S/C13H13FO/c1-13(2)9-12(14)15-11(13)8-10-6-4-3-5-7-10/h3-9H,1-2H3/b11-8-. The second kappa shape index (κ2) is 3.54. The average molecular weight is 204 g/mol. The van der Waals surface area contributed by atoms with E-state index in [1.54, 1.807) is 0 Å². The lowest BCUT2D eigenvalue weighted by molar-refractivity contribution is 0.214. The topological polar surface area (TPSA) is 9.23 Å². The van der Waals surface area contributed by atoms with Crippen LogP contribution in [0.5, 0.6) is 0 Å². The van der Waals surface area contributed by atoms with Crippen molar-refractivity contribution in [1.82, 2.24) is 0 Å². The summed E-state index contributed by atoms with van der Waals surface area (Å²) in [5, 5.41) is 0. The van der Waals surface area contributed by atoms with E-state index in [9.17, 15) is 4.39 Å². The van der Waals surface area contributed by atoms with Crippen LogP contribution in [-0.2, 0) is 4.74 Å². The number of hydrogen-bond donors (Lipinski definition) is 0. The first-order chi connectivity index (χ1) is 7.08. The highest BCUT2D eigenvalue weighted by atomic mass is 19.1. The molecule has 0 amide bonds. The maximum atomic E-state index is 13.0. The van der Waals surface area contributed by atoms with E-state index in [1.807, 2.05) is 50.3 Å². The molecule has 1 aromatic rings. The van der Waals surface area contributed by atoms with Crippen molar-refractivity contribution in [1.29, 1.82) is 0 Å². The van der Waals surface area contributed by atoms with Gasteiger partial charge in [0.05, 0.1) is 0 Å².